The van der Waals surface area contributed by atoms with Crippen molar-refractivity contribution < 1.29 is 58.1 Å². The largest absolute Gasteiger partial charge is 0.507 e. The summed E-state index contributed by atoms with van der Waals surface area (Å²) < 4.78 is 30.8. The van der Waals surface area contributed by atoms with Crippen molar-refractivity contribution in [1.29, 1.82) is 0 Å². The van der Waals surface area contributed by atoms with Crippen LogP contribution in [0.4, 0.5) is 0 Å². The van der Waals surface area contributed by atoms with Gasteiger partial charge < -0.3 is 43.7 Å². The highest BCUT2D eigenvalue weighted by atomic mass is 16.6. The number of methoxy groups -OCH3 is 3. The molecule has 52 heavy (non-hydrogen) atoms. The molecule has 0 aliphatic rings. The molecule has 3 unspecified atom stereocenters. The Morgan fingerprint density at radius 1 is 0.596 bits per heavy atom. The van der Waals surface area contributed by atoms with E-state index in [4.69, 9.17) is 23.7 Å². The number of rotatable bonds is 15. The number of carbonyl (C=O) groups is 3. The van der Waals surface area contributed by atoms with Crippen LogP contribution in [-0.4, -0.2) is 95.2 Å². The molecule has 1 heterocycles. The number of ether oxygens (including phenoxy) is 6. The Morgan fingerprint density at radius 3 is 1.17 bits per heavy atom. The van der Waals surface area contributed by atoms with Gasteiger partial charge in [0.1, 0.15) is 34.5 Å². The molecular formula is C37H43N3O12. The lowest BCUT2D eigenvalue weighted by Gasteiger charge is -2.17. The van der Waals surface area contributed by atoms with Gasteiger partial charge in [0.2, 0.25) is 0 Å². The monoisotopic (exact) mass is 721 g/mol. The van der Waals surface area contributed by atoms with E-state index in [-0.39, 0.29) is 68.7 Å². The molecule has 0 saturated heterocycles. The fourth-order valence-corrected chi connectivity index (χ4v) is 4.63. The van der Waals surface area contributed by atoms with E-state index in [1.807, 2.05) is 0 Å². The third kappa shape index (κ3) is 10.3. The van der Waals surface area contributed by atoms with Gasteiger partial charge in [-0.05, 0) is 55.7 Å². The number of hydrogen-bond acceptors (Lipinski definition) is 15. The first-order valence-electron chi connectivity index (χ1n) is 16.2. The fraction of sp³-hybridized carbons (Fsp3) is 0.351. The molecule has 15 heteroatoms. The van der Waals surface area contributed by atoms with E-state index >= 15 is 0 Å². The molecule has 0 radical (unpaired) electrons. The van der Waals surface area contributed by atoms with Gasteiger partial charge in [-0.1, -0.05) is 20.8 Å². The minimum absolute atomic E-state index is 0.0283. The zero-order valence-corrected chi connectivity index (χ0v) is 30.0. The first-order valence-corrected chi connectivity index (χ1v) is 16.2. The third-order valence-corrected chi connectivity index (χ3v) is 7.33. The molecule has 0 spiro atoms. The molecule has 3 N–H and O–H groups in total. The summed E-state index contributed by atoms with van der Waals surface area (Å²) in [7, 11) is 5.75. The topological polar surface area (TPSA) is 206 Å². The summed E-state index contributed by atoms with van der Waals surface area (Å²) in [4.78, 5) is 48.8. The van der Waals surface area contributed by atoms with Crippen molar-refractivity contribution in [2.75, 3.05) is 28.4 Å². The Labute approximate surface area is 301 Å². The van der Waals surface area contributed by atoms with Gasteiger partial charge in [0.05, 0.1) is 30.9 Å². The number of phenols is 3. The maximum absolute atomic E-state index is 12.0. The van der Waals surface area contributed by atoms with Gasteiger partial charge in [-0.15, -0.1) is 0 Å². The predicted molar refractivity (Wildman–Crippen MR) is 188 cm³/mol. The van der Waals surface area contributed by atoms with Crippen molar-refractivity contribution in [3.63, 3.8) is 0 Å². The Bertz CT molecular complexity index is 1740. The summed E-state index contributed by atoms with van der Waals surface area (Å²) in [5.74, 6) is -1.49. The van der Waals surface area contributed by atoms with Crippen LogP contribution in [0.3, 0.4) is 0 Å². The summed E-state index contributed by atoms with van der Waals surface area (Å²) >= 11 is 0. The lowest BCUT2D eigenvalue weighted by molar-refractivity contribution is -0.149. The van der Waals surface area contributed by atoms with Crippen LogP contribution < -0.4 is 14.2 Å². The van der Waals surface area contributed by atoms with Crippen LogP contribution in [0, 0.1) is 0 Å². The van der Waals surface area contributed by atoms with Gasteiger partial charge in [-0.25, -0.2) is 24.5 Å². The van der Waals surface area contributed by atoms with Gasteiger partial charge in [-0.3, -0.25) is 4.79 Å². The quantitative estimate of drug-likeness (QED) is 0.106. The van der Waals surface area contributed by atoms with E-state index in [1.165, 1.54) is 68.8 Å². The highest BCUT2D eigenvalue weighted by molar-refractivity contribution is 5.77. The van der Waals surface area contributed by atoms with Crippen LogP contribution in [0.2, 0.25) is 0 Å². The average molecular weight is 722 g/mol. The predicted octanol–water partition coefficient (Wildman–Crippen LogP) is 5.27. The van der Waals surface area contributed by atoms with Crippen LogP contribution >= 0.6 is 0 Å². The summed E-state index contributed by atoms with van der Waals surface area (Å²) in [5.41, 5.74) is 0.439. The zero-order valence-electron chi connectivity index (χ0n) is 30.0. The van der Waals surface area contributed by atoms with Crippen molar-refractivity contribution in [2.45, 2.75) is 58.3 Å². The first kappa shape index (κ1) is 40.5. The summed E-state index contributed by atoms with van der Waals surface area (Å²) in [5, 5.41) is 33.1. The minimum atomic E-state index is -0.894. The standard InChI is InChI=1S/C35H37N3O11.C2H6O/c1-6-19(18-39)47-20-9-12-23(26(40)15-20)31-36-32(24-13-10-21(16-27(24)41)48-29(7-2)34(43)45-4)38-33(37-31)25-14-11-22(17-28(25)42)49-30(8-3)35(44)46-5;1-3-2/h9-19,29-30,40-42H,6-8H2,1-5H3;1-2H3. The maximum Gasteiger partial charge on any atom is 0.347 e. The van der Waals surface area contributed by atoms with Crippen LogP contribution in [0.5, 0.6) is 34.5 Å². The number of aromatic hydroxyl groups is 3. The molecule has 0 fully saturated rings. The summed E-state index contributed by atoms with van der Waals surface area (Å²) in [6.45, 7) is 5.28. The Balaban J connectivity index is 0.00000235. The van der Waals surface area contributed by atoms with E-state index in [2.05, 4.69) is 19.7 Å². The molecule has 0 saturated carbocycles. The zero-order chi connectivity index (χ0) is 38.4. The summed E-state index contributed by atoms with van der Waals surface area (Å²) in [6.07, 6.45) is -0.749. The molecule has 0 bridgehead atoms. The number of aldehydes is 1. The highest BCUT2D eigenvalue weighted by Gasteiger charge is 2.23. The lowest BCUT2D eigenvalue weighted by atomic mass is 10.1. The first-order chi connectivity index (χ1) is 25.0. The number of nitrogens with zero attached hydrogens (tertiary/aromatic N) is 3. The Kier molecular flexibility index (Phi) is 15.1. The SMILES string of the molecule is CCC(C=O)Oc1ccc(-c2nc(-c3ccc(OC(CC)C(=O)OC)cc3O)nc(-c3ccc(OC(CC)C(=O)OC)cc3O)n2)c(O)c1.COC. The minimum Gasteiger partial charge on any atom is -0.507 e. The van der Waals surface area contributed by atoms with Gasteiger partial charge in [0, 0.05) is 32.4 Å². The highest BCUT2D eigenvalue weighted by Crippen LogP contribution is 2.38. The van der Waals surface area contributed by atoms with E-state index in [0.29, 0.717) is 25.5 Å². The Morgan fingerprint density at radius 2 is 0.923 bits per heavy atom. The molecule has 3 atom stereocenters. The molecule has 1 aromatic heterocycles. The maximum atomic E-state index is 12.0. The normalized spacial score (nSPS) is 12.3. The van der Waals surface area contributed by atoms with Gasteiger partial charge >= 0.3 is 11.9 Å². The van der Waals surface area contributed by atoms with Crippen LogP contribution in [0.15, 0.2) is 54.6 Å². The average Bonchev–Trinajstić information content (AvgIpc) is 3.14. The number of aromatic nitrogens is 3. The second kappa shape index (κ2) is 19.4. The van der Waals surface area contributed by atoms with Crippen molar-refractivity contribution in [2.24, 2.45) is 0 Å². The van der Waals surface area contributed by atoms with Gasteiger partial charge in [-0.2, -0.15) is 0 Å². The number of hydrogen-bond donors (Lipinski definition) is 3. The number of benzene rings is 3. The molecular weight excluding hydrogens is 678 g/mol. The molecule has 278 valence electrons. The lowest BCUT2D eigenvalue weighted by Crippen LogP contribution is -2.27. The van der Waals surface area contributed by atoms with Crippen LogP contribution in [-0.2, 0) is 28.6 Å². The van der Waals surface area contributed by atoms with Crippen molar-refractivity contribution in [3.05, 3.63) is 54.6 Å². The van der Waals surface area contributed by atoms with Crippen LogP contribution in [0.1, 0.15) is 40.0 Å². The van der Waals surface area contributed by atoms with E-state index in [9.17, 15) is 29.7 Å². The summed E-state index contributed by atoms with van der Waals surface area (Å²) in [6, 6.07) is 12.9. The van der Waals surface area contributed by atoms with Crippen molar-refractivity contribution in [1.82, 2.24) is 15.0 Å². The molecule has 0 aliphatic carbocycles. The van der Waals surface area contributed by atoms with Crippen molar-refractivity contribution >= 4 is 18.2 Å². The molecule has 0 amide bonds. The van der Waals surface area contributed by atoms with E-state index in [1.54, 1.807) is 35.0 Å². The van der Waals surface area contributed by atoms with Gasteiger partial charge in [0.25, 0.3) is 0 Å². The third-order valence-electron chi connectivity index (χ3n) is 7.33. The number of carbonyl (C=O) groups excluding carboxylic acids is 3. The smallest absolute Gasteiger partial charge is 0.347 e. The number of esters is 2. The van der Waals surface area contributed by atoms with Crippen LogP contribution in [0.25, 0.3) is 34.2 Å². The van der Waals surface area contributed by atoms with E-state index < -0.39 is 30.3 Å². The molecule has 4 rings (SSSR count). The molecule has 3 aromatic carbocycles. The van der Waals surface area contributed by atoms with E-state index in [0.717, 1.165) is 0 Å². The Hall–Kier alpha value is -5.96. The second-order valence-electron chi connectivity index (χ2n) is 11.0. The molecule has 15 nitrogen and oxygen atoms in total. The van der Waals surface area contributed by atoms with Crippen molar-refractivity contribution in [3.8, 4) is 68.7 Å². The molecule has 0 aliphatic heterocycles. The fourth-order valence-electron chi connectivity index (χ4n) is 4.63. The second-order valence-corrected chi connectivity index (χ2v) is 11.0. The van der Waals surface area contributed by atoms with Gasteiger partial charge in [0.15, 0.2) is 42.1 Å². The molecule has 4 aromatic rings. The number of phenolic OH excluding ortho intramolecular Hbond substituents is 3.